The number of hydrogen-bond acceptors (Lipinski definition) is 17. The molecule has 0 saturated carbocycles. The Morgan fingerprint density at radius 2 is 1.29 bits per heavy atom. The van der Waals surface area contributed by atoms with Crippen molar-refractivity contribution in [2.24, 2.45) is 0 Å². The fraction of sp³-hybridized carbons (Fsp3) is 0.487. The minimum Gasteiger partial charge on any atom is -0.748 e. The van der Waals surface area contributed by atoms with E-state index in [9.17, 15) is 66.3 Å². The molecule has 1 fully saturated rings. The summed E-state index contributed by atoms with van der Waals surface area (Å²) in [6.45, 7) is 5.64. The van der Waals surface area contributed by atoms with Crippen LogP contribution in [0.4, 0.5) is 11.4 Å². The molecule has 65 heavy (non-hydrogen) atoms. The Balaban J connectivity index is 0.00000484. The quantitative estimate of drug-likeness (QED) is 0.0392. The van der Waals surface area contributed by atoms with Gasteiger partial charge in [-0.1, -0.05) is 12.5 Å². The van der Waals surface area contributed by atoms with Crippen LogP contribution in [-0.4, -0.2) is 110 Å². The van der Waals surface area contributed by atoms with Crippen molar-refractivity contribution in [1.82, 2.24) is 5.06 Å². The van der Waals surface area contributed by atoms with Gasteiger partial charge < -0.3 is 27.9 Å². The van der Waals surface area contributed by atoms with Crippen LogP contribution in [0.25, 0.3) is 0 Å². The van der Waals surface area contributed by atoms with Crippen molar-refractivity contribution in [3.63, 3.8) is 0 Å². The number of imide groups is 1. The molecule has 0 aromatic heterocycles. The molecular weight excluding hydrogens is 1010 g/mol. The fourth-order valence-corrected chi connectivity index (χ4v) is 10.2. The Morgan fingerprint density at radius 3 is 1.86 bits per heavy atom. The summed E-state index contributed by atoms with van der Waals surface area (Å²) in [6, 6.07) is 7.71. The largest absolute Gasteiger partial charge is 1.00 e. The molecule has 0 bridgehead atoms. The minimum atomic E-state index is -4.96. The zero-order valence-corrected chi connectivity index (χ0v) is 49.7. The summed E-state index contributed by atoms with van der Waals surface area (Å²) in [5, 5.41) is 0.476. The van der Waals surface area contributed by atoms with E-state index in [2.05, 4.69) is 0 Å². The maximum atomic E-state index is 12.4. The van der Waals surface area contributed by atoms with Gasteiger partial charge in [-0.25, -0.2) is 38.5 Å². The first kappa shape index (κ1) is 61.7. The van der Waals surface area contributed by atoms with Gasteiger partial charge in [-0.05, 0) is 94.8 Å². The first-order chi connectivity index (χ1) is 28.6. The predicted octanol–water partition coefficient (Wildman–Crippen LogP) is -6.08. The molecule has 0 N–H and O–H groups in total. The number of rotatable bonds is 20. The standard InChI is InChI=1S/C39H49N3O16S4.3K/c1-38(2)29-25-27(61(52,53)54)14-16-31(29)40(21-7-4-5-13-37(45)58-42-35(43)18-19-36(42)44)33(38)11-9-12-34-39(3,20-6-8-23-59(46,47)48)30-26-28(62(55,56)57)15-17-32(30)41(34)22-10-24-60(49,50)51;;;/h9,11-12,14-17,25-26H,4-8,10,13,18-24H2,1-3H3,(H3-,46,47,48,49,50,51,52,53,54,55,56,57);;;/q;3*+1/p-3. The summed E-state index contributed by atoms with van der Waals surface area (Å²) >= 11 is 0. The average Bonchev–Trinajstić information content (AvgIpc) is 3.67. The summed E-state index contributed by atoms with van der Waals surface area (Å²) in [5.41, 5.74) is 0.877. The molecule has 0 spiro atoms. The molecule has 2 aromatic carbocycles. The normalized spacial score (nSPS) is 19.0. The van der Waals surface area contributed by atoms with Gasteiger partial charge in [0, 0.05) is 78.2 Å². The Hall–Kier alpha value is 0.549. The van der Waals surface area contributed by atoms with Gasteiger partial charge >= 0.3 is 160 Å². The van der Waals surface area contributed by atoms with Gasteiger partial charge in [-0.15, -0.1) is 5.06 Å². The third-order valence-electron chi connectivity index (χ3n) is 11.2. The number of benzene rings is 2. The van der Waals surface area contributed by atoms with Crippen LogP contribution in [0.2, 0.25) is 0 Å². The van der Waals surface area contributed by atoms with Crippen LogP contribution >= 0.6 is 0 Å². The van der Waals surface area contributed by atoms with E-state index in [1.54, 1.807) is 30.1 Å². The van der Waals surface area contributed by atoms with Crippen LogP contribution in [0.5, 0.6) is 0 Å². The topological polar surface area (TPSA) is 299 Å². The number of hydroxylamine groups is 2. The Morgan fingerprint density at radius 1 is 0.738 bits per heavy atom. The van der Waals surface area contributed by atoms with Crippen molar-refractivity contribution < 1.29 is 230 Å². The van der Waals surface area contributed by atoms with E-state index in [4.69, 9.17) is 4.84 Å². The van der Waals surface area contributed by atoms with Crippen molar-refractivity contribution in [3.8, 4) is 0 Å². The van der Waals surface area contributed by atoms with E-state index in [1.807, 2.05) is 18.4 Å². The van der Waals surface area contributed by atoms with Crippen molar-refractivity contribution in [2.75, 3.05) is 29.5 Å². The Kier molecular flexibility index (Phi) is 23.5. The Bertz CT molecular complexity index is 2690. The number of amides is 2. The maximum absolute atomic E-state index is 12.4. The predicted molar refractivity (Wildman–Crippen MR) is 217 cm³/mol. The minimum absolute atomic E-state index is 0. The molecule has 0 radical (unpaired) electrons. The van der Waals surface area contributed by atoms with Crippen LogP contribution in [0.15, 0.2) is 70.1 Å². The van der Waals surface area contributed by atoms with Crippen LogP contribution in [0.3, 0.4) is 0 Å². The third-order valence-corrected chi connectivity index (χ3v) is 14.5. The molecule has 19 nitrogen and oxygen atoms in total. The number of carbonyl (C=O) groups excluding carboxylic acids is 3. The molecule has 1 saturated heterocycles. The molecular formula is C39H46K3N3O16S4. The number of hydrogen-bond donors (Lipinski definition) is 0. The van der Waals surface area contributed by atoms with Gasteiger partial charge in [0.15, 0.2) is 5.71 Å². The Labute approximate surface area is 507 Å². The molecule has 1 atom stereocenters. The molecule has 3 heterocycles. The second-order valence-electron chi connectivity index (χ2n) is 16.0. The zero-order valence-electron chi connectivity index (χ0n) is 37.1. The summed E-state index contributed by atoms with van der Waals surface area (Å²) in [5.74, 6) is -3.34. The van der Waals surface area contributed by atoms with E-state index in [0.717, 1.165) is 6.07 Å². The van der Waals surface area contributed by atoms with E-state index in [0.29, 0.717) is 64.8 Å². The molecule has 3 aliphatic heterocycles. The molecule has 2 aromatic rings. The SMILES string of the molecule is CC1(C)C(/C=C\C=C2/N(CCCS(=O)(=O)[O-])c3ccc(S(=O)(=O)[O-])cc3C2(C)CCCCS(=O)(=O)[O-])=[N+](CCCCCC(=O)ON2C(=O)CCC2=O)c2ccc(S(=O)(=O)[O-])cc21.[K+].[K+].[K+]. The van der Waals surface area contributed by atoms with Gasteiger partial charge in [-0.3, -0.25) is 9.59 Å². The monoisotopic (exact) mass is 1060 g/mol. The van der Waals surface area contributed by atoms with Crippen molar-refractivity contribution >= 4 is 75.3 Å². The first-order valence-electron chi connectivity index (χ1n) is 19.6. The van der Waals surface area contributed by atoms with Gasteiger partial charge in [0.05, 0.1) is 35.4 Å². The van der Waals surface area contributed by atoms with E-state index >= 15 is 0 Å². The number of allylic oxidation sites excluding steroid dienone is 4. The zero-order chi connectivity index (χ0) is 46.1. The summed E-state index contributed by atoms with van der Waals surface area (Å²) in [4.78, 5) is 41.7. The summed E-state index contributed by atoms with van der Waals surface area (Å²) in [6.07, 6.45) is 6.29. The number of carbonyl (C=O) groups is 3. The molecule has 5 rings (SSSR count). The van der Waals surface area contributed by atoms with Gasteiger partial charge in [0.1, 0.15) is 26.8 Å². The molecule has 1 unspecified atom stereocenters. The van der Waals surface area contributed by atoms with E-state index < -0.39 is 90.4 Å². The maximum Gasteiger partial charge on any atom is 1.00 e. The van der Waals surface area contributed by atoms with Gasteiger partial charge in [-0.2, -0.15) is 4.58 Å². The van der Waals surface area contributed by atoms with Crippen LogP contribution in [-0.2, 0) is 70.5 Å². The fourth-order valence-electron chi connectivity index (χ4n) is 8.15. The molecule has 26 heteroatoms. The van der Waals surface area contributed by atoms with Gasteiger partial charge in [0.25, 0.3) is 11.8 Å². The summed E-state index contributed by atoms with van der Waals surface area (Å²) < 4.78 is 144. The number of fused-ring (bicyclic) bond motifs is 2. The molecule has 2 amide bonds. The number of unbranched alkanes of at least 4 members (excludes halogenated alkanes) is 3. The second-order valence-corrected chi connectivity index (χ2v) is 21.8. The third kappa shape index (κ3) is 16.0. The van der Waals surface area contributed by atoms with Crippen molar-refractivity contribution in [2.45, 2.75) is 106 Å². The molecule has 0 aliphatic carbocycles. The van der Waals surface area contributed by atoms with E-state index in [-0.39, 0.29) is 206 Å². The second kappa shape index (κ2) is 24.8. The van der Waals surface area contributed by atoms with Crippen LogP contribution in [0, 0.1) is 0 Å². The number of nitrogens with zero attached hydrogens (tertiary/aromatic N) is 3. The van der Waals surface area contributed by atoms with Crippen molar-refractivity contribution in [3.05, 3.63) is 71.5 Å². The molecule has 340 valence electrons. The summed E-state index contributed by atoms with van der Waals surface area (Å²) in [7, 11) is -19.0. The van der Waals surface area contributed by atoms with Crippen LogP contribution < -0.4 is 159 Å². The van der Waals surface area contributed by atoms with Gasteiger partial charge in [0.2, 0.25) is 5.69 Å². The average molecular weight is 1060 g/mol. The smallest absolute Gasteiger partial charge is 0.748 e. The van der Waals surface area contributed by atoms with E-state index in [1.165, 1.54) is 30.3 Å². The molecule has 3 aliphatic rings. The first-order valence-corrected chi connectivity index (χ1v) is 25.6. The number of anilines is 1. The van der Waals surface area contributed by atoms with Crippen LogP contribution in [0.1, 0.15) is 96.1 Å². The van der Waals surface area contributed by atoms with Crippen molar-refractivity contribution in [1.29, 1.82) is 0 Å².